The number of carbonyl (C=O) groups is 3. The number of anilines is 1. The number of nitrogens with one attached hydrogen (secondary N) is 2. The number of benzene rings is 1. The van der Waals surface area contributed by atoms with Crippen LogP contribution in [0.5, 0.6) is 5.75 Å². The first kappa shape index (κ1) is 36.9. The monoisotopic (exact) mass is 738 g/mol. The normalized spacial score (nSPS) is 25.1. The maximum atomic E-state index is 13.5. The number of aliphatic carboxylic acids is 1. The summed E-state index contributed by atoms with van der Waals surface area (Å²) >= 11 is 0.958. The summed E-state index contributed by atoms with van der Waals surface area (Å²) in [7, 11) is -5.04. The van der Waals surface area contributed by atoms with Gasteiger partial charge in [0, 0.05) is 30.0 Å². The summed E-state index contributed by atoms with van der Waals surface area (Å²) in [6.45, 7) is 5.36. The molecule has 2 aromatic rings. The van der Waals surface area contributed by atoms with E-state index in [0.29, 0.717) is 35.2 Å². The third-order valence-corrected chi connectivity index (χ3v) is 9.89. The van der Waals surface area contributed by atoms with E-state index in [1.807, 2.05) is 6.07 Å². The molecule has 2 amide bonds. The molecule has 2 fully saturated rings. The van der Waals surface area contributed by atoms with Gasteiger partial charge in [0.05, 0.1) is 11.6 Å². The molecule has 19 nitrogen and oxygen atoms in total. The van der Waals surface area contributed by atoms with E-state index in [1.165, 1.54) is 26.2 Å². The molecule has 1 aromatic carbocycles. The van der Waals surface area contributed by atoms with Crippen molar-refractivity contribution in [3.8, 4) is 5.75 Å². The van der Waals surface area contributed by atoms with E-state index in [1.54, 1.807) is 12.1 Å². The Morgan fingerprint density at radius 1 is 1.32 bits per heavy atom. The Hall–Kier alpha value is -4.41. The molecular weight excluding hydrogens is 700 g/mol. The maximum absolute atomic E-state index is 13.5. The number of aliphatic imine (C=N–C) groups is 1. The van der Waals surface area contributed by atoms with Gasteiger partial charge in [-0.15, -0.1) is 15.6 Å². The molecule has 3 aliphatic rings. The van der Waals surface area contributed by atoms with E-state index in [0.717, 1.165) is 29.9 Å². The van der Waals surface area contributed by atoms with Crippen molar-refractivity contribution in [1.82, 2.24) is 20.7 Å². The number of amidine groups is 1. The van der Waals surface area contributed by atoms with E-state index in [4.69, 9.17) is 25.6 Å². The minimum absolute atomic E-state index is 0.0153. The van der Waals surface area contributed by atoms with Crippen LogP contribution in [0.3, 0.4) is 0 Å². The fourth-order valence-electron chi connectivity index (χ4n) is 5.85. The molecule has 1 aromatic heterocycles. The van der Waals surface area contributed by atoms with Crippen LogP contribution >= 0.6 is 11.3 Å². The number of aliphatic hydroxyl groups excluding tert-OH is 1. The van der Waals surface area contributed by atoms with Gasteiger partial charge >= 0.3 is 16.4 Å². The molecule has 5 atom stereocenters. The predicted molar refractivity (Wildman–Crippen MR) is 177 cm³/mol. The molecule has 0 saturated carbocycles. The number of fused-ring (bicyclic) bond motifs is 1. The number of carboxylic acid groups (broad SMARTS) is 1. The molecule has 5 rings (SSSR count). The first-order valence-electron chi connectivity index (χ1n) is 15.4. The Labute approximate surface area is 290 Å². The first-order valence-corrected chi connectivity index (χ1v) is 17.7. The standard InChI is InChI=1S/C29H38N8O11S2/c1-28(2)22(25(40)37(28)48-50(43,44)45)35-24(39)21(18-13-49-27(31)34-18)36-47-29(3,26(41)42)20-7-5-14-10-15(4-6-19(14)46-20)23(30)33-17-8-9-32-11-16(17)12-38/h4,6,10,13,16-17,20,22,32,38H,5,7-9,11-12H2,1-3H3,(H2,30,33)(H2,31,34)(H,35,39)(H,41,42)(H,43,44,45)/b36-21-/t16-,17-,20-,22-,29?/m1/s1. The molecule has 0 aliphatic carbocycles. The third kappa shape index (κ3) is 7.51. The number of carboxylic acids is 1. The molecule has 0 bridgehead atoms. The van der Waals surface area contributed by atoms with Crippen molar-refractivity contribution in [3.63, 3.8) is 0 Å². The lowest BCUT2D eigenvalue weighted by molar-refractivity contribution is -0.218. The van der Waals surface area contributed by atoms with Gasteiger partial charge in [-0.2, -0.15) is 13.5 Å². The molecular formula is C29H38N8O11S2. The number of oxime groups is 1. The van der Waals surface area contributed by atoms with Crippen molar-refractivity contribution in [2.24, 2.45) is 21.8 Å². The van der Waals surface area contributed by atoms with Gasteiger partial charge in [0.1, 0.15) is 23.3 Å². The molecule has 272 valence electrons. The number of aromatic nitrogens is 1. The van der Waals surface area contributed by atoms with Crippen molar-refractivity contribution in [1.29, 1.82) is 0 Å². The Morgan fingerprint density at radius 2 is 2.06 bits per heavy atom. The number of piperidine rings is 1. The largest absolute Gasteiger partial charge is 0.485 e. The highest BCUT2D eigenvalue weighted by Crippen LogP contribution is 2.35. The number of ether oxygens (including phenoxy) is 1. The first-order chi connectivity index (χ1) is 23.4. The van der Waals surface area contributed by atoms with E-state index < -0.39 is 57.2 Å². The number of nitrogens with two attached hydrogens (primary N) is 2. The van der Waals surface area contributed by atoms with E-state index in [9.17, 15) is 33.0 Å². The van der Waals surface area contributed by atoms with Crippen LogP contribution in [0.15, 0.2) is 33.7 Å². The number of aliphatic hydroxyl groups is 1. The lowest BCUT2D eigenvalue weighted by Gasteiger charge is -2.50. The van der Waals surface area contributed by atoms with Crippen molar-refractivity contribution in [2.45, 2.75) is 69.4 Å². The number of rotatable bonds is 12. The number of hydrogen-bond acceptors (Lipinski definition) is 15. The van der Waals surface area contributed by atoms with E-state index in [-0.39, 0.29) is 35.8 Å². The molecule has 0 radical (unpaired) electrons. The van der Waals surface area contributed by atoms with Gasteiger partial charge in [0.15, 0.2) is 16.9 Å². The summed E-state index contributed by atoms with van der Waals surface area (Å²) in [6, 6.07) is 3.69. The SMILES string of the molecule is CC(O/N=C(\C(=O)N[C@@H]1C(=O)N(OS(=O)(=O)O)C1(C)C)c1csc(N)n1)(C(=O)O)[C@H]1CCc2cc(C(N)=N[C@@H]3CCNC[C@@H]3CO)ccc2O1. The zero-order valence-corrected chi connectivity index (χ0v) is 28.9. The Morgan fingerprint density at radius 3 is 2.68 bits per heavy atom. The summed E-state index contributed by atoms with van der Waals surface area (Å²) in [5.41, 5.74) is 9.31. The molecule has 50 heavy (non-hydrogen) atoms. The summed E-state index contributed by atoms with van der Waals surface area (Å²) in [5.74, 6) is -2.83. The molecule has 2 saturated heterocycles. The van der Waals surface area contributed by atoms with Gasteiger partial charge < -0.3 is 41.9 Å². The Bertz CT molecular complexity index is 1830. The summed E-state index contributed by atoms with van der Waals surface area (Å²) in [6.07, 6.45) is 0.196. The van der Waals surface area contributed by atoms with Crippen LogP contribution in [0.1, 0.15) is 50.4 Å². The van der Waals surface area contributed by atoms with Gasteiger partial charge in [0.2, 0.25) is 0 Å². The average Bonchev–Trinajstić information content (AvgIpc) is 3.50. The van der Waals surface area contributed by atoms with Crippen molar-refractivity contribution in [3.05, 3.63) is 40.4 Å². The van der Waals surface area contributed by atoms with Crippen LogP contribution in [0.25, 0.3) is 0 Å². The molecule has 21 heteroatoms. The average molecular weight is 739 g/mol. The predicted octanol–water partition coefficient (Wildman–Crippen LogP) is -0.801. The van der Waals surface area contributed by atoms with Crippen LogP contribution in [-0.2, 0) is 40.3 Å². The lowest BCUT2D eigenvalue weighted by atomic mass is 9.84. The molecule has 0 spiro atoms. The maximum Gasteiger partial charge on any atom is 0.418 e. The topological polar surface area (TPSA) is 291 Å². The van der Waals surface area contributed by atoms with Crippen molar-refractivity contribution >= 4 is 56.2 Å². The fraction of sp³-hybridized carbons (Fsp3) is 0.517. The van der Waals surface area contributed by atoms with Crippen LogP contribution in [0.4, 0.5) is 5.13 Å². The third-order valence-electron chi connectivity index (χ3n) is 8.87. The van der Waals surface area contributed by atoms with Crippen LogP contribution in [0, 0.1) is 5.92 Å². The van der Waals surface area contributed by atoms with Crippen LogP contribution in [-0.4, -0.2) is 112 Å². The zero-order valence-electron chi connectivity index (χ0n) is 27.2. The molecule has 9 N–H and O–H groups in total. The number of carbonyl (C=O) groups excluding carboxylic acids is 2. The van der Waals surface area contributed by atoms with Gasteiger partial charge in [-0.3, -0.25) is 19.1 Å². The highest BCUT2D eigenvalue weighted by Gasteiger charge is 2.58. The molecule has 4 heterocycles. The molecule has 1 unspecified atom stereocenters. The minimum Gasteiger partial charge on any atom is -0.485 e. The Balaban J connectivity index is 1.35. The van der Waals surface area contributed by atoms with E-state index >= 15 is 0 Å². The second-order valence-corrected chi connectivity index (χ2v) is 14.6. The zero-order chi connectivity index (χ0) is 36.6. The number of β-lactam (4-membered cyclic amide) rings is 1. The number of amides is 2. The molecule has 3 aliphatic heterocycles. The number of thiazole rings is 1. The lowest BCUT2D eigenvalue weighted by Crippen LogP contribution is -2.76. The number of aryl methyl sites for hydroxylation is 1. The van der Waals surface area contributed by atoms with Gasteiger partial charge in [-0.1, -0.05) is 5.16 Å². The number of nitrogens with zero attached hydrogens (tertiary/aromatic N) is 4. The van der Waals surface area contributed by atoms with Gasteiger partial charge in [-0.05, 0) is 70.3 Å². The number of hydroxylamine groups is 2. The smallest absolute Gasteiger partial charge is 0.418 e. The highest BCUT2D eigenvalue weighted by molar-refractivity contribution is 7.80. The summed E-state index contributed by atoms with van der Waals surface area (Å²) < 4.78 is 41.8. The Kier molecular flexibility index (Phi) is 10.4. The van der Waals surface area contributed by atoms with Gasteiger partial charge in [-0.25, -0.2) is 9.78 Å². The second kappa shape index (κ2) is 14.1. The van der Waals surface area contributed by atoms with Crippen molar-refractivity contribution in [2.75, 3.05) is 25.4 Å². The second-order valence-electron chi connectivity index (χ2n) is 12.7. The van der Waals surface area contributed by atoms with Crippen LogP contribution < -0.4 is 26.8 Å². The fourth-order valence-corrected chi connectivity index (χ4v) is 6.85. The quantitative estimate of drug-likeness (QED) is 0.0461. The number of nitrogen functional groups attached to an aromatic ring is 1. The summed E-state index contributed by atoms with van der Waals surface area (Å²) in [5, 5.41) is 31.3. The highest BCUT2D eigenvalue weighted by atomic mass is 32.3. The van der Waals surface area contributed by atoms with Crippen molar-refractivity contribution < 1.29 is 51.4 Å². The number of hydrogen-bond donors (Lipinski definition) is 7. The van der Waals surface area contributed by atoms with Gasteiger partial charge in [0.25, 0.3) is 17.4 Å². The van der Waals surface area contributed by atoms with Crippen LogP contribution in [0.2, 0.25) is 0 Å². The minimum atomic E-state index is -5.04. The van der Waals surface area contributed by atoms with E-state index in [2.05, 4.69) is 30.0 Å². The summed E-state index contributed by atoms with van der Waals surface area (Å²) in [4.78, 5) is 53.0.